The average molecular weight is 254 g/mol. The summed E-state index contributed by atoms with van der Waals surface area (Å²) in [5.74, 6) is 0.945. The second-order valence-electron chi connectivity index (χ2n) is 4.33. The molecule has 18 heavy (non-hydrogen) atoms. The quantitative estimate of drug-likeness (QED) is 0.726. The zero-order chi connectivity index (χ0) is 13.5. The van der Waals surface area contributed by atoms with Crippen LogP contribution in [0.25, 0.3) is 0 Å². The van der Waals surface area contributed by atoms with Crippen molar-refractivity contribution in [3.8, 4) is 0 Å². The summed E-state index contributed by atoms with van der Waals surface area (Å²) in [5, 5.41) is 11.2. The molecule has 0 aromatic carbocycles. The first-order valence-electron chi connectivity index (χ1n) is 5.72. The van der Waals surface area contributed by atoms with Gasteiger partial charge in [-0.25, -0.2) is 4.79 Å². The largest absolute Gasteiger partial charge is 0.360 e. The molecule has 7 heteroatoms. The highest BCUT2D eigenvalue weighted by Gasteiger charge is 2.08. The lowest BCUT2D eigenvalue weighted by Gasteiger charge is -2.08. The minimum absolute atomic E-state index is 0.115. The number of hydrogen-bond donors (Lipinski definition) is 3. The van der Waals surface area contributed by atoms with Crippen molar-refractivity contribution in [1.29, 1.82) is 0 Å². The summed E-state index contributed by atoms with van der Waals surface area (Å²) in [7, 11) is 0. The summed E-state index contributed by atoms with van der Waals surface area (Å²) in [6.07, 6.45) is 0. The molecule has 1 heterocycles. The summed E-state index contributed by atoms with van der Waals surface area (Å²) < 4.78 is 4.79. The molecule has 0 saturated heterocycles. The molecule has 1 aromatic rings. The molecule has 3 N–H and O–H groups in total. The molecule has 0 aliphatic rings. The molecule has 7 nitrogen and oxygen atoms in total. The van der Waals surface area contributed by atoms with Gasteiger partial charge >= 0.3 is 6.03 Å². The fraction of sp³-hybridized carbons (Fsp3) is 0.545. The van der Waals surface area contributed by atoms with Crippen molar-refractivity contribution in [3.63, 3.8) is 0 Å². The van der Waals surface area contributed by atoms with E-state index in [0.29, 0.717) is 24.0 Å². The van der Waals surface area contributed by atoms with Crippen LogP contribution in [0.3, 0.4) is 0 Å². The first-order chi connectivity index (χ1) is 8.47. The Balaban J connectivity index is 2.22. The van der Waals surface area contributed by atoms with Crippen molar-refractivity contribution in [2.45, 2.75) is 20.8 Å². The Morgan fingerprint density at radius 1 is 1.39 bits per heavy atom. The molecule has 0 aliphatic carbocycles. The number of rotatable bonds is 5. The molecule has 0 atom stereocenters. The number of amides is 3. The highest BCUT2D eigenvalue weighted by atomic mass is 16.5. The molecular weight excluding hydrogens is 236 g/mol. The molecule has 0 saturated carbocycles. The molecule has 0 aliphatic heterocycles. The number of hydrogen-bond acceptors (Lipinski definition) is 4. The Kier molecular flexibility index (Phi) is 5.16. The van der Waals surface area contributed by atoms with Gasteiger partial charge in [0.25, 0.3) is 0 Å². The van der Waals surface area contributed by atoms with Gasteiger partial charge in [-0.3, -0.25) is 4.79 Å². The van der Waals surface area contributed by atoms with Gasteiger partial charge in [-0.05, 0) is 12.8 Å². The van der Waals surface area contributed by atoms with Crippen molar-refractivity contribution in [2.24, 2.45) is 5.92 Å². The van der Waals surface area contributed by atoms with Gasteiger partial charge in [-0.15, -0.1) is 0 Å². The maximum atomic E-state index is 11.4. The van der Waals surface area contributed by atoms with E-state index in [9.17, 15) is 9.59 Å². The van der Waals surface area contributed by atoms with Crippen LogP contribution in [0.2, 0.25) is 0 Å². The molecular formula is C11H18N4O3. The van der Waals surface area contributed by atoms with Gasteiger partial charge in [0.15, 0.2) is 5.82 Å². The molecule has 0 unspecified atom stereocenters. The minimum atomic E-state index is -0.366. The van der Waals surface area contributed by atoms with Crippen molar-refractivity contribution in [3.05, 3.63) is 11.8 Å². The van der Waals surface area contributed by atoms with E-state index < -0.39 is 0 Å². The van der Waals surface area contributed by atoms with Crippen LogP contribution in [0.15, 0.2) is 10.6 Å². The fourth-order valence-corrected chi connectivity index (χ4v) is 1.13. The summed E-state index contributed by atoms with van der Waals surface area (Å²) in [4.78, 5) is 22.7. The van der Waals surface area contributed by atoms with Gasteiger partial charge < -0.3 is 20.5 Å². The number of carbonyl (C=O) groups is 2. The van der Waals surface area contributed by atoms with E-state index in [0.717, 1.165) is 0 Å². The van der Waals surface area contributed by atoms with Gasteiger partial charge in [-0.1, -0.05) is 19.0 Å². The fourth-order valence-electron chi connectivity index (χ4n) is 1.13. The summed E-state index contributed by atoms with van der Waals surface area (Å²) in [6.45, 7) is 6.14. The van der Waals surface area contributed by atoms with Gasteiger partial charge in [0.1, 0.15) is 5.76 Å². The highest BCUT2D eigenvalue weighted by Crippen LogP contribution is 2.06. The number of aromatic nitrogens is 1. The van der Waals surface area contributed by atoms with Crippen molar-refractivity contribution < 1.29 is 14.1 Å². The number of nitrogens with zero attached hydrogens (tertiary/aromatic N) is 1. The lowest BCUT2D eigenvalue weighted by molar-refractivity contribution is -0.115. The molecule has 0 fully saturated rings. The number of urea groups is 1. The maximum Gasteiger partial charge on any atom is 0.315 e. The molecule has 0 spiro atoms. The smallest absolute Gasteiger partial charge is 0.315 e. The van der Waals surface area contributed by atoms with Gasteiger partial charge in [0.05, 0.1) is 6.54 Å². The third kappa shape index (κ3) is 5.33. The zero-order valence-electron chi connectivity index (χ0n) is 10.7. The Morgan fingerprint density at radius 3 is 2.67 bits per heavy atom. The topological polar surface area (TPSA) is 96.3 Å². The number of aryl methyl sites for hydroxylation is 1. The molecule has 0 radical (unpaired) electrons. The number of nitrogens with one attached hydrogen (secondary N) is 3. The lowest BCUT2D eigenvalue weighted by atomic mass is 10.2. The van der Waals surface area contributed by atoms with E-state index in [1.807, 2.05) is 13.8 Å². The minimum Gasteiger partial charge on any atom is -0.360 e. The third-order valence-electron chi connectivity index (χ3n) is 1.98. The van der Waals surface area contributed by atoms with Crippen molar-refractivity contribution >= 4 is 17.8 Å². The molecule has 100 valence electrons. The summed E-state index contributed by atoms with van der Waals surface area (Å²) in [5.41, 5.74) is 0. The Bertz CT molecular complexity index is 414. The van der Waals surface area contributed by atoms with Crippen LogP contribution in [-0.4, -0.2) is 30.2 Å². The predicted octanol–water partition coefficient (Wildman–Crippen LogP) is 0.877. The standard InChI is InChI=1S/C11H18N4O3/c1-7(2)5-12-11(17)13-6-10(16)14-9-4-8(3)18-15-9/h4,7H,5-6H2,1-3H3,(H2,12,13,17)(H,14,15,16). The van der Waals surface area contributed by atoms with E-state index in [1.54, 1.807) is 13.0 Å². The van der Waals surface area contributed by atoms with Crippen LogP contribution in [-0.2, 0) is 4.79 Å². The van der Waals surface area contributed by atoms with Crippen LogP contribution < -0.4 is 16.0 Å². The Hall–Kier alpha value is -2.05. The SMILES string of the molecule is Cc1cc(NC(=O)CNC(=O)NCC(C)C)no1. The van der Waals surface area contributed by atoms with Crippen LogP contribution in [0.5, 0.6) is 0 Å². The number of anilines is 1. The highest BCUT2D eigenvalue weighted by molar-refractivity contribution is 5.93. The average Bonchev–Trinajstić information content (AvgIpc) is 2.69. The van der Waals surface area contributed by atoms with Gasteiger partial charge in [0, 0.05) is 12.6 Å². The molecule has 0 bridgehead atoms. The predicted molar refractivity (Wildman–Crippen MR) is 66.1 cm³/mol. The maximum absolute atomic E-state index is 11.4. The van der Waals surface area contributed by atoms with E-state index in [-0.39, 0.29) is 18.5 Å². The molecule has 3 amide bonds. The molecule has 1 aromatic heterocycles. The summed E-state index contributed by atoms with van der Waals surface area (Å²) >= 11 is 0. The van der Waals surface area contributed by atoms with Crippen molar-refractivity contribution in [1.82, 2.24) is 15.8 Å². The first-order valence-corrected chi connectivity index (χ1v) is 5.72. The normalized spacial score (nSPS) is 10.2. The van der Waals surface area contributed by atoms with E-state index in [2.05, 4.69) is 21.1 Å². The lowest BCUT2D eigenvalue weighted by Crippen LogP contribution is -2.41. The van der Waals surface area contributed by atoms with Gasteiger partial charge in [-0.2, -0.15) is 0 Å². The van der Waals surface area contributed by atoms with Crippen molar-refractivity contribution in [2.75, 3.05) is 18.4 Å². The first kappa shape index (κ1) is 14.0. The number of carbonyl (C=O) groups excluding carboxylic acids is 2. The van der Waals surface area contributed by atoms with E-state index in [4.69, 9.17) is 4.52 Å². The van der Waals surface area contributed by atoms with Crippen LogP contribution in [0, 0.1) is 12.8 Å². The second kappa shape index (κ2) is 6.63. The van der Waals surface area contributed by atoms with E-state index in [1.165, 1.54) is 0 Å². The summed E-state index contributed by atoms with van der Waals surface area (Å²) in [6, 6.07) is 1.23. The Labute approximate surface area is 105 Å². The zero-order valence-corrected chi connectivity index (χ0v) is 10.7. The monoisotopic (exact) mass is 254 g/mol. The Morgan fingerprint density at radius 2 is 2.11 bits per heavy atom. The van der Waals surface area contributed by atoms with Gasteiger partial charge in [0.2, 0.25) is 5.91 Å². The van der Waals surface area contributed by atoms with Crippen LogP contribution in [0.1, 0.15) is 19.6 Å². The van der Waals surface area contributed by atoms with E-state index >= 15 is 0 Å². The van der Waals surface area contributed by atoms with Crippen LogP contribution in [0.4, 0.5) is 10.6 Å². The second-order valence-corrected chi connectivity index (χ2v) is 4.33. The van der Waals surface area contributed by atoms with Crippen LogP contribution >= 0.6 is 0 Å². The third-order valence-corrected chi connectivity index (χ3v) is 1.98. The molecule has 1 rings (SSSR count).